The molecule has 1 rings (SSSR count). The third-order valence-corrected chi connectivity index (χ3v) is 3.19. The number of rotatable bonds is 7. The zero-order chi connectivity index (χ0) is 13.4. The Hall–Kier alpha value is -1.31. The van der Waals surface area contributed by atoms with E-state index in [4.69, 9.17) is 4.74 Å². The normalized spacial score (nSPS) is 10.4. The first kappa shape index (κ1) is 14.7. The zero-order valence-electron chi connectivity index (χ0n) is 11.8. The summed E-state index contributed by atoms with van der Waals surface area (Å²) < 4.78 is 4.84. The van der Waals surface area contributed by atoms with Gasteiger partial charge in [-0.15, -0.1) is 0 Å². The maximum atomic E-state index is 11.7. The van der Waals surface area contributed by atoms with Crippen LogP contribution in [0.1, 0.15) is 61.0 Å². The summed E-state index contributed by atoms with van der Waals surface area (Å²) in [5, 5.41) is 0. The van der Waals surface area contributed by atoms with Crippen LogP contribution in [0.2, 0.25) is 0 Å². The highest BCUT2D eigenvalue weighted by Gasteiger charge is 2.11. The van der Waals surface area contributed by atoms with Crippen molar-refractivity contribution in [1.82, 2.24) is 0 Å². The molecule has 0 spiro atoms. The lowest BCUT2D eigenvalue weighted by atomic mass is 9.97. The van der Waals surface area contributed by atoms with Gasteiger partial charge in [0.25, 0.3) is 0 Å². The molecule has 0 aliphatic heterocycles. The van der Waals surface area contributed by atoms with Gasteiger partial charge in [0.1, 0.15) is 0 Å². The third kappa shape index (κ3) is 4.17. The lowest BCUT2D eigenvalue weighted by molar-refractivity contribution is 0.0599. The van der Waals surface area contributed by atoms with Gasteiger partial charge in [-0.05, 0) is 42.9 Å². The number of aryl methyl sites for hydroxylation is 2. The smallest absolute Gasteiger partial charge is 0.338 e. The van der Waals surface area contributed by atoms with E-state index < -0.39 is 0 Å². The van der Waals surface area contributed by atoms with Gasteiger partial charge >= 0.3 is 5.97 Å². The predicted octanol–water partition coefficient (Wildman–Crippen LogP) is 4.16. The first-order chi connectivity index (χ1) is 8.72. The van der Waals surface area contributed by atoms with E-state index in [9.17, 15) is 4.79 Å². The Balaban J connectivity index is 2.92. The van der Waals surface area contributed by atoms with Crippen molar-refractivity contribution in [1.29, 1.82) is 0 Å². The molecular weight excluding hydrogens is 224 g/mol. The summed E-state index contributed by atoms with van der Waals surface area (Å²) in [6.45, 7) is 4.36. The highest BCUT2D eigenvalue weighted by Crippen LogP contribution is 2.17. The number of benzene rings is 1. The Morgan fingerprint density at radius 2 is 1.78 bits per heavy atom. The molecule has 0 heterocycles. The molecule has 0 amide bonds. The van der Waals surface area contributed by atoms with Crippen molar-refractivity contribution in [3.8, 4) is 0 Å². The fourth-order valence-electron chi connectivity index (χ4n) is 2.07. The molecule has 0 atom stereocenters. The van der Waals surface area contributed by atoms with Gasteiger partial charge in [-0.25, -0.2) is 4.79 Å². The molecule has 100 valence electrons. The molecule has 0 unspecified atom stereocenters. The van der Waals surface area contributed by atoms with Crippen LogP contribution >= 0.6 is 0 Å². The molecule has 0 bridgehead atoms. The van der Waals surface area contributed by atoms with Gasteiger partial charge in [-0.3, -0.25) is 0 Å². The molecule has 2 nitrogen and oxygen atoms in total. The van der Waals surface area contributed by atoms with E-state index in [1.807, 2.05) is 6.07 Å². The third-order valence-electron chi connectivity index (χ3n) is 3.19. The molecule has 0 aliphatic carbocycles. The quantitative estimate of drug-likeness (QED) is 0.677. The molecule has 0 saturated carbocycles. The van der Waals surface area contributed by atoms with E-state index in [2.05, 4.69) is 26.0 Å². The molecule has 0 aliphatic rings. The Morgan fingerprint density at radius 3 is 2.39 bits per heavy atom. The number of esters is 1. The number of hydrogen-bond acceptors (Lipinski definition) is 2. The lowest BCUT2D eigenvalue weighted by Gasteiger charge is -2.10. The SMILES string of the molecule is CCCCc1ccc(C(=O)OC)c(CCCC)c1. The molecule has 0 fully saturated rings. The van der Waals surface area contributed by atoms with Gasteiger partial charge in [0, 0.05) is 0 Å². The zero-order valence-corrected chi connectivity index (χ0v) is 11.8. The summed E-state index contributed by atoms with van der Waals surface area (Å²) in [5.74, 6) is -0.219. The standard InChI is InChI=1S/C16H24O2/c1-4-6-8-13-10-11-15(16(17)18-3)14(12-13)9-7-5-2/h10-12H,4-9H2,1-3H3. The van der Waals surface area contributed by atoms with Crippen molar-refractivity contribution in [2.45, 2.75) is 52.4 Å². The van der Waals surface area contributed by atoms with Crippen LogP contribution < -0.4 is 0 Å². The van der Waals surface area contributed by atoms with Crippen LogP contribution in [0.25, 0.3) is 0 Å². The molecule has 1 aromatic rings. The van der Waals surface area contributed by atoms with E-state index in [1.165, 1.54) is 25.5 Å². The average Bonchev–Trinajstić information content (AvgIpc) is 2.42. The first-order valence-corrected chi connectivity index (χ1v) is 6.93. The van der Waals surface area contributed by atoms with Crippen molar-refractivity contribution < 1.29 is 9.53 Å². The minimum absolute atomic E-state index is 0.219. The minimum atomic E-state index is -0.219. The van der Waals surface area contributed by atoms with Crippen LogP contribution in [0.3, 0.4) is 0 Å². The van der Waals surface area contributed by atoms with Gasteiger partial charge in [0.15, 0.2) is 0 Å². The molecule has 0 N–H and O–H groups in total. The van der Waals surface area contributed by atoms with Gasteiger partial charge in [0.2, 0.25) is 0 Å². The van der Waals surface area contributed by atoms with Crippen molar-refractivity contribution in [3.63, 3.8) is 0 Å². The molecule has 18 heavy (non-hydrogen) atoms. The van der Waals surface area contributed by atoms with Crippen molar-refractivity contribution in [2.24, 2.45) is 0 Å². The topological polar surface area (TPSA) is 26.3 Å². The minimum Gasteiger partial charge on any atom is -0.465 e. The number of carbonyl (C=O) groups excluding carboxylic acids is 1. The first-order valence-electron chi connectivity index (χ1n) is 6.93. The fraction of sp³-hybridized carbons (Fsp3) is 0.562. The van der Waals surface area contributed by atoms with Crippen LogP contribution in [0, 0.1) is 0 Å². The summed E-state index contributed by atoms with van der Waals surface area (Å²) in [7, 11) is 1.44. The largest absolute Gasteiger partial charge is 0.465 e. The molecule has 2 heteroatoms. The monoisotopic (exact) mass is 248 g/mol. The van der Waals surface area contributed by atoms with Crippen LogP contribution in [-0.2, 0) is 17.6 Å². The molecule has 0 aromatic heterocycles. The summed E-state index contributed by atoms with van der Waals surface area (Å²) in [5.41, 5.74) is 3.19. The molecule has 0 radical (unpaired) electrons. The number of unbranched alkanes of at least 4 members (excludes halogenated alkanes) is 2. The van der Waals surface area contributed by atoms with E-state index >= 15 is 0 Å². The molecule has 0 saturated heterocycles. The van der Waals surface area contributed by atoms with Crippen LogP contribution in [-0.4, -0.2) is 13.1 Å². The van der Waals surface area contributed by atoms with E-state index in [1.54, 1.807) is 0 Å². The highest BCUT2D eigenvalue weighted by atomic mass is 16.5. The second-order valence-corrected chi connectivity index (χ2v) is 4.69. The maximum absolute atomic E-state index is 11.7. The number of methoxy groups -OCH3 is 1. The van der Waals surface area contributed by atoms with Gasteiger partial charge in [-0.2, -0.15) is 0 Å². The van der Waals surface area contributed by atoms with Crippen LogP contribution in [0.4, 0.5) is 0 Å². The Morgan fingerprint density at radius 1 is 1.11 bits per heavy atom. The van der Waals surface area contributed by atoms with Crippen LogP contribution in [0.15, 0.2) is 18.2 Å². The molecule has 1 aromatic carbocycles. The summed E-state index contributed by atoms with van der Waals surface area (Å²) in [6, 6.07) is 6.15. The van der Waals surface area contributed by atoms with Crippen molar-refractivity contribution in [3.05, 3.63) is 34.9 Å². The van der Waals surface area contributed by atoms with Gasteiger partial charge in [0.05, 0.1) is 12.7 Å². The fourth-order valence-corrected chi connectivity index (χ4v) is 2.07. The highest BCUT2D eigenvalue weighted by molar-refractivity contribution is 5.91. The van der Waals surface area contributed by atoms with E-state index in [-0.39, 0.29) is 5.97 Å². The second-order valence-electron chi connectivity index (χ2n) is 4.69. The van der Waals surface area contributed by atoms with Crippen LogP contribution in [0.5, 0.6) is 0 Å². The van der Waals surface area contributed by atoms with E-state index in [0.29, 0.717) is 0 Å². The Kier molecular flexibility index (Phi) is 6.48. The van der Waals surface area contributed by atoms with Crippen molar-refractivity contribution in [2.75, 3.05) is 7.11 Å². The average molecular weight is 248 g/mol. The summed E-state index contributed by atoms with van der Waals surface area (Å²) >= 11 is 0. The van der Waals surface area contributed by atoms with Crippen molar-refractivity contribution >= 4 is 5.97 Å². The maximum Gasteiger partial charge on any atom is 0.338 e. The number of hydrogen-bond donors (Lipinski definition) is 0. The molecular formula is C16H24O2. The summed E-state index contributed by atoms with van der Waals surface area (Å²) in [6.07, 6.45) is 6.70. The Bertz CT molecular complexity index is 383. The Labute approximate surface area is 110 Å². The van der Waals surface area contributed by atoms with Gasteiger partial charge in [-0.1, -0.05) is 38.8 Å². The number of ether oxygens (including phenoxy) is 1. The lowest BCUT2D eigenvalue weighted by Crippen LogP contribution is -2.06. The number of carbonyl (C=O) groups is 1. The van der Waals surface area contributed by atoms with Gasteiger partial charge < -0.3 is 4.74 Å². The van der Waals surface area contributed by atoms with E-state index in [0.717, 1.165) is 36.8 Å². The predicted molar refractivity (Wildman–Crippen MR) is 75.0 cm³/mol. The second kappa shape index (κ2) is 7.91. The summed E-state index contributed by atoms with van der Waals surface area (Å²) in [4.78, 5) is 11.7.